The summed E-state index contributed by atoms with van der Waals surface area (Å²) >= 11 is 0. The van der Waals surface area contributed by atoms with Crippen molar-refractivity contribution in [2.24, 2.45) is 10.7 Å². The van der Waals surface area contributed by atoms with Crippen LogP contribution in [0.2, 0.25) is 0 Å². The van der Waals surface area contributed by atoms with Crippen LogP contribution in [0.15, 0.2) is 53.5 Å². The summed E-state index contributed by atoms with van der Waals surface area (Å²) in [5.41, 5.74) is 6.61. The molecule has 0 aromatic heterocycles. The minimum Gasteiger partial charge on any atom is -0.435 e. The van der Waals surface area contributed by atoms with Crippen molar-refractivity contribution in [2.45, 2.75) is 25.6 Å². The number of nitrogens with one attached hydrogen (secondary N) is 1. The first-order valence-corrected chi connectivity index (χ1v) is 8.23. The van der Waals surface area contributed by atoms with Crippen LogP contribution >= 0.6 is 24.0 Å². The number of rotatable bonds is 8. The van der Waals surface area contributed by atoms with Gasteiger partial charge in [0.15, 0.2) is 5.96 Å². The lowest BCUT2D eigenvalue weighted by Gasteiger charge is -2.14. The molecule has 0 radical (unpaired) electrons. The second kappa shape index (κ2) is 11.7. The van der Waals surface area contributed by atoms with Gasteiger partial charge in [-0.3, -0.25) is 0 Å². The molecule has 2 aromatic rings. The Morgan fingerprint density at radius 3 is 2.37 bits per heavy atom. The van der Waals surface area contributed by atoms with E-state index in [9.17, 15) is 27.1 Å². The molecule has 30 heavy (non-hydrogen) atoms. The van der Waals surface area contributed by atoms with E-state index in [1.807, 2.05) is 0 Å². The third-order valence-electron chi connectivity index (χ3n) is 3.53. The number of benzene rings is 2. The summed E-state index contributed by atoms with van der Waals surface area (Å²) in [6, 6.07) is 10.7. The number of alkyl halides is 5. The summed E-state index contributed by atoms with van der Waals surface area (Å²) in [5, 5.41) is 12.8. The fourth-order valence-electron chi connectivity index (χ4n) is 2.25. The van der Waals surface area contributed by atoms with Crippen molar-refractivity contribution < 1.29 is 36.5 Å². The Bertz CT molecular complexity index is 819. The smallest absolute Gasteiger partial charge is 0.435 e. The molecular formula is C18H19F5IN3O3. The molecule has 2 rings (SSSR count). The second-order valence-electron chi connectivity index (χ2n) is 5.74. The van der Waals surface area contributed by atoms with Crippen molar-refractivity contribution in [3.05, 3.63) is 59.7 Å². The van der Waals surface area contributed by atoms with E-state index >= 15 is 0 Å². The van der Waals surface area contributed by atoms with Crippen LogP contribution in [0.1, 0.15) is 17.2 Å². The van der Waals surface area contributed by atoms with Crippen molar-refractivity contribution >= 4 is 29.9 Å². The first-order valence-electron chi connectivity index (χ1n) is 8.23. The second-order valence-corrected chi connectivity index (χ2v) is 5.74. The van der Waals surface area contributed by atoms with Crippen molar-refractivity contribution in [2.75, 3.05) is 6.54 Å². The standard InChI is InChI=1S/C18H18F5N3O3.HI/c19-16(20)28-14-3-1-2-12(8-14)15(27)10-26-17(24)25-9-11-4-6-13(7-5-11)29-18(21,22)23;/h1-8,15-16,27H,9-10H2,(H3,24,25,26);1H. The zero-order valence-electron chi connectivity index (χ0n) is 15.3. The Hall–Kier alpha value is -2.35. The molecule has 0 spiro atoms. The number of ether oxygens (including phenoxy) is 2. The number of guanidine groups is 1. The molecule has 0 aliphatic rings. The van der Waals surface area contributed by atoms with Crippen molar-refractivity contribution in [3.63, 3.8) is 0 Å². The van der Waals surface area contributed by atoms with E-state index in [1.165, 1.54) is 36.4 Å². The minimum absolute atomic E-state index is 0. The van der Waals surface area contributed by atoms with E-state index in [2.05, 4.69) is 19.8 Å². The first kappa shape index (κ1) is 25.7. The summed E-state index contributed by atoms with van der Waals surface area (Å²) in [4.78, 5) is 4.01. The predicted molar refractivity (Wildman–Crippen MR) is 110 cm³/mol. The van der Waals surface area contributed by atoms with E-state index in [0.29, 0.717) is 11.1 Å². The molecule has 2 aromatic carbocycles. The molecule has 166 valence electrons. The SMILES string of the molecule is I.NC(=NCc1ccc(OC(F)(F)F)cc1)NCC(O)c1cccc(OC(F)F)c1. The monoisotopic (exact) mass is 547 g/mol. The molecule has 0 amide bonds. The molecule has 0 aliphatic carbocycles. The maximum atomic E-state index is 12.2. The molecular weight excluding hydrogens is 528 g/mol. The lowest BCUT2D eigenvalue weighted by molar-refractivity contribution is -0.274. The normalized spacial score (nSPS) is 12.8. The van der Waals surface area contributed by atoms with Crippen LogP contribution in [0.3, 0.4) is 0 Å². The molecule has 1 unspecified atom stereocenters. The van der Waals surface area contributed by atoms with Gasteiger partial charge in [-0.2, -0.15) is 8.78 Å². The van der Waals surface area contributed by atoms with E-state index in [4.69, 9.17) is 5.73 Å². The largest absolute Gasteiger partial charge is 0.573 e. The topological polar surface area (TPSA) is 89.1 Å². The molecule has 1 atom stereocenters. The maximum Gasteiger partial charge on any atom is 0.573 e. The number of aliphatic hydroxyl groups excluding tert-OH is 1. The van der Waals surface area contributed by atoms with Gasteiger partial charge in [-0.25, -0.2) is 4.99 Å². The van der Waals surface area contributed by atoms with E-state index in [-0.39, 0.29) is 54.5 Å². The summed E-state index contributed by atoms with van der Waals surface area (Å²) < 4.78 is 68.9. The average molecular weight is 547 g/mol. The number of nitrogens with zero attached hydrogens (tertiary/aromatic N) is 1. The van der Waals surface area contributed by atoms with Gasteiger partial charge in [0.1, 0.15) is 11.5 Å². The number of nitrogens with two attached hydrogens (primary N) is 1. The van der Waals surface area contributed by atoms with Crippen LogP contribution in [0.25, 0.3) is 0 Å². The highest BCUT2D eigenvalue weighted by Crippen LogP contribution is 2.23. The lowest BCUT2D eigenvalue weighted by atomic mass is 10.1. The lowest BCUT2D eigenvalue weighted by Crippen LogP contribution is -2.34. The summed E-state index contributed by atoms with van der Waals surface area (Å²) in [6.07, 6.45) is -5.83. The van der Waals surface area contributed by atoms with Crippen LogP contribution in [0.4, 0.5) is 22.0 Å². The molecule has 0 saturated carbocycles. The minimum atomic E-state index is -4.76. The Morgan fingerprint density at radius 2 is 1.77 bits per heavy atom. The third kappa shape index (κ3) is 9.43. The van der Waals surface area contributed by atoms with Crippen LogP contribution in [0, 0.1) is 0 Å². The van der Waals surface area contributed by atoms with Gasteiger partial charge in [0.25, 0.3) is 0 Å². The van der Waals surface area contributed by atoms with Crippen LogP contribution in [-0.4, -0.2) is 30.6 Å². The highest BCUT2D eigenvalue weighted by Gasteiger charge is 2.30. The number of hydrogen-bond donors (Lipinski definition) is 3. The third-order valence-corrected chi connectivity index (χ3v) is 3.53. The Balaban J connectivity index is 0.00000450. The fourth-order valence-corrected chi connectivity index (χ4v) is 2.25. The van der Waals surface area contributed by atoms with Gasteiger partial charge in [0.05, 0.1) is 12.6 Å². The number of aliphatic hydroxyl groups is 1. The molecule has 0 heterocycles. The van der Waals surface area contributed by atoms with Gasteiger partial charge < -0.3 is 25.6 Å². The highest BCUT2D eigenvalue weighted by molar-refractivity contribution is 14.0. The number of aliphatic imine (C=N–C) groups is 1. The van der Waals surface area contributed by atoms with Crippen LogP contribution in [0.5, 0.6) is 11.5 Å². The van der Waals surface area contributed by atoms with Gasteiger partial charge >= 0.3 is 13.0 Å². The molecule has 4 N–H and O–H groups in total. The average Bonchev–Trinajstić information content (AvgIpc) is 2.64. The van der Waals surface area contributed by atoms with E-state index in [0.717, 1.165) is 12.1 Å². The quantitative estimate of drug-likeness (QED) is 0.202. The molecule has 6 nitrogen and oxygen atoms in total. The molecule has 0 aliphatic heterocycles. The number of hydrogen-bond acceptors (Lipinski definition) is 4. The predicted octanol–water partition coefficient (Wildman–Crippen LogP) is 3.94. The molecule has 12 heteroatoms. The van der Waals surface area contributed by atoms with E-state index < -0.39 is 19.1 Å². The summed E-state index contributed by atoms with van der Waals surface area (Å²) in [5.74, 6) is -0.451. The van der Waals surface area contributed by atoms with Crippen molar-refractivity contribution in [1.29, 1.82) is 0 Å². The number of halogens is 6. The molecule has 0 saturated heterocycles. The maximum absolute atomic E-state index is 12.2. The van der Waals surface area contributed by atoms with Gasteiger partial charge in [0, 0.05) is 6.54 Å². The summed E-state index contributed by atoms with van der Waals surface area (Å²) in [7, 11) is 0. The van der Waals surface area contributed by atoms with Crippen LogP contribution in [-0.2, 0) is 6.54 Å². The Morgan fingerprint density at radius 1 is 1.10 bits per heavy atom. The zero-order chi connectivity index (χ0) is 21.4. The van der Waals surface area contributed by atoms with Crippen LogP contribution < -0.4 is 20.5 Å². The van der Waals surface area contributed by atoms with Gasteiger partial charge in [-0.1, -0.05) is 24.3 Å². The first-order chi connectivity index (χ1) is 13.6. The van der Waals surface area contributed by atoms with Gasteiger partial charge in [0.2, 0.25) is 0 Å². The van der Waals surface area contributed by atoms with Crippen molar-refractivity contribution in [1.82, 2.24) is 5.32 Å². The van der Waals surface area contributed by atoms with Crippen molar-refractivity contribution in [3.8, 4) is 11.5 Å². The Kier molecular flexibility index (Phi) is 10.0. The molecule has 0 fully saturated rings. The van der Waals surface area contributed by atoms with Gasteiger partial charge in [-0.15, -0.1) is 37.1 Å². The zero-order valence-corrected chi connectivity index (χ0v) is 17.6. The van der Waals surface area contributed by atoms with Gasteiger partial charge in [-0.05, 0) is 35.4 Å². The summed E-state index contributed by atoms with van der Waals surface area (Å²) in [6.45, 7) is -2.94. The van der Waals surface area contributed by atoms with E-state index in [1.54, 1.807) is 0 Å². The highest BCUT2D eigenvalue weighted by atomic mass is 127. The molecule has 0 bridgehead atoms. The fraction of sp³-hybridized carbons (Fsp3) is 0.278. The Labute approximate surface area is 185 Å².